The lowest BCUT2D eigenvalue weighted by Gasteiger charge is -2.10. The number of rotatable bonds is 3. The molecule has 4 heteroatoms. The number of aromatic hydroxyl groups is 1. The second kappa shape index (κ2) is 5.05. The van der Waals surface area contributed by atoms with Gasteiger partial charge in [0.05, 0.1) is 5.70 Å². The molecule has 0 aliphatic rings. The summed E-state index contributed by atoms with van der Waals surface area (Å²) >= 11 is 0. The number of hydrogen-bond acceptors (Lipinski definition) is 3. The molecule has 1 aromatic carbocycles. The molecular formula is C11H14N2O2. The molecule has 0 heterocycles. The van der Waals surface area contributed by atoms with Crippen molar-refractivity contribution < 1.29 is 9.90 Å². The third-order valence-electron chi connectivity index (χ3n) is 1.84. The standard InChI is InChI=1S/C11H14N2O2/c1-3-11(13-12-8(2)14)9-4-6-10(15)7-5-9/h3-7,13,15H,1-2H3,(H,12,14)/b11-3-. The molecule has 0 aliphatic heterocycles. The highest BCUT2D eigenvalue weighted by Gasteiger charge is 2.00. The van der Waals surface area contributed by atoms with Gasteiger partial charge in [-0.15, -0.1) is 0 Å². The van der Waals surface area contributed by atoms with E-state index in [-0.39, 0.29) is 11.7 Å². The van der Waals surface area contributed by atoms with Crippen molar-refractivity contribution in [1.82, 2.24) is 10.9 Å². The first-order valence-electron chi connectivity index (χ1n) is 4.62. The van der Waals surface area contributed by atoms with Gasteiger partial charge in [0.25, 0.3) is 0 Å². The predicted molar refractivity (Wildman–Crippen MR) is 58.7 cm³/mol. The zero-order valence-corrected chi connectivity index (χ0v) is 8.74. The van der Waals surface area contributed by atoms with E-state index in [0.29, 0.717) is 0 Å². The maximum atomic E-state index is 10.7. The molecule has 1 aromatic rings. The Kier molecular flexibility index (Phi) is 3.74. The average Bonchev–Trinajstić information content (AvgIpc) is 2.21. The number of hydrazine groups is 1. The van der Waals surface area contributed by atoms with Gasteiger partial charge in [-0.1, -0.05) is 6.08 Å². The molecule has 0 radical (unpaired) electrons. The molecular weight excluding hydrogens is 192 g/mol. The molecule has 4 nitrogen and oxygen atoms in total. The molecule has 1 amide bonds. The molecule has 0 saturated carbocycles. The molecule has 15 heavy (non-hydrogen) atoms. The highest BCUT2D eigenvalue weighted by Crippen LogP contribution is 2.15. The maximum Gasteiger partial charge on any atom is 0.235 e. The number of allylic oxidation sites excluding steroid dienone is 1. The molecule has 80 valence electrons. The molecule has 0 aromatic heterocycles. The highest BCUT2D eigenvalue weighted by molar-refractivity contribution is 5.74. The fraction of sp³-hybridized carbons (Fsp3) is 0.182. The van der Waals surface area contributed by atoms with Gasteiger partial charge in [0.15, 0.2) is 0 Å². The van der Waals surface area contributed by atoms with Gasteiger partial charge in [-0.05, 0) is 36.8 Å². The minimum atomic E-state index is -0.159. The van der Waals surface area contributed by atoms with E-state index in [0.717, 1.165) is 11.3 Å². The molecule has 0 spiro atoms. The normalized spacial score (nSPS) is 10.9. The van der Waals surface area contributed by atoms with Gasteiger partial charge in [0.2, 0.25) is 5.91 Å². The highest BCUT2D eigenvalue weighted by atomic mass is 16.3. The summed E-state index contributed by atoms with van der Waals surface area (Å²) < 4.78 is 0. The van der Waals surface area contributed by atoms with Crippen LogP contribution >= 0.6 is 0 Å². The van der Waals surface area contributed by atoms with Crippen molar-refractivity contribution >= 4 is 11.6 Å². The number of hydrogen-bond donors (Lipinski definition) is 3. The Morgan fingerprint density at radius 3 is 2.33 bits per heavy atom. The third-order valence-corrected chi connectivity index (χ3v) is 1.84. The first kappa shape index (κ1) is 11.1. The van der Waals surface area contributed by atoms with Crippen molar-refractivity contribution in [1.29, 1.82) is 0 Å². The summed E-state index contributed by atoms with van der Waals surface area (Å²) in [5.41, 5.74) is 6.95. The average molecular weight is 206 g/mol. The number of carbonyl (C=O) groups is 1. The lowest BCUT2D eigenvalue weighted by atomic mass is 10.1. The quantitative estimate of drug-likeness (QED) is 0.655. The lowest BCUT2D eigenvalue weighted by Crippen LogP contribution is -2.34. The van der Waals surface area contributed by atoms with Crippen molar-refractivity contribution in [2.45, 2.75) is 13.8 Å². The SMILES string of the molecule is C/C=C(\NNC(C)=O)c1ccc(O)cc1. The summed E-state index contributed by atoms with van der Waals surface area (Å²) in [4.78, 5) is 10.7. The van der Waals surface area contributed by atoms with E-state index >= 15 is 0 Å². The van der Waals surface area contributed by atoms with Gasteiger partial charge >= 0.3 is 0 Å². The molecule has 0 saturated heterocycles. The Hall–Kier alpha value is -1.97. The summed E-state index contributed by atoms with van der Waals surface area (Å²) in [6.07, 6.45) is 1.84. The van der Waals surface area contributed by atoms with Crippen LogP contribution in [0.4, 0.5) is 0 Å². The molecule has 0 bridgehead atoms. The minimum Gasteiger partial charge on any atom is -0.508 e. The van der Waals surface area contributed by atoms with Gasteiger partial charge in [-0.3, -0.25) is 15.6 Å². The number of phenols is 1. The smallest absolute Gasteiger partial charge is 0.235 e. The summed E-state index contributed by atoms with van der Waals surface area (Å²) in [5, 5.41) is 9.12. The van der Waals surface area contributed by atoms with Crippen molar-refractivity contribution in [2.75, 3.05) is 0 Å². The van der Waals surface area contributed by atoms with Crippen LogP contribution in [0.15, 0.2) is 30.3 Å². The first-order chi connectivity index (χ1) is 7.13. The number of benzene rings is 1. The van der Waals surface area contributed by atoms with Crippen LogP contribution in [0.2, 0.25) is 0 Å². The Morgan fingerprint density at radius 1 is 1.27 bits per heavy atom. The Morgan fingerprint density at radius 2 is 1.87 bits per heavy atom. The van der Waals surface area contributed by atoms with E-state index in [1.54, 1.807) is 24.3 Å². The first-order valence-corrected chi connectivity index (χ1v) is 4.62. The van der Waals surface area contributed by atoms with E-state index in [4.69, 9.17) is 5.11 Å². The topological polar surface area (TPSA) is 61.4 Å². The van der Waals surface area contributed by atoms with Crippen LogP contribution in [0.3, 0.4) is 0 Å². The van der Waals surface area contributed by atoms with Crippen LogP contribution < -0.4 is 10.9 Å². The van der Waals surface area contributed by atoms with Gasteiger partial charge in [0, 0.05) is 6.92 Å². The number of phenolic OH excluding ortho intramolecular Hbond substituents is 1. The van der Waals surface area contributed by atoms with Gasteiger partial charge < -0.3 is 5.11 Å². The molecule has 1 rings (SSSR count). The second-order valence-corrected chi connectivity index (χ2v) is 3.06. The zero-order chi connectivity index (χ0) is 11.3. The van der Waals surface area contributed by atoms with E-state index in [9.17, 15) is 4.79 Å². The van der Waals surface area contributed by atoms with Crippen molar-refractivity contribution in [3.8, 4) is 5.75 Å². The van der Waals surface area contributed by atoms with Crippen LogP contribution in [0.1, 0.15) is 19.4 Å². The number of carbonyl (C=O) groups excluding carboxylic acids is 1. The lowest BCUT2D eigenvalue weighted by molar-refractivity contribution is -0.119. The van der Waals surface area contributed by atoms with Gasteiger partial charge in [-0.25, -0.2) is 0 Å². The van der Waals surface area contributed by atoms with E-state index < -0.39 is 0 Å². The maximum absolute atomic E-state index is 10.7. The molecule has 0 atom stereocenters. The monoisotopic (exact) mass is 206 g/mol. The number of amides is 1. The van der Waals surface area contributed by atoms with E-state index in [1.165, 1.54) is 6.92 Å². The van der Waals surface area contributed by atoms with E-state index in [1.807, 2.05) is 13.0 Å². The predicted octanol–water partition coefficient (Wildman–Crippen LogP) is 1.39. The van der Waals surface area contributed by atoms with Crippen LogP contribution in [-0.4, -0.2) is 11.0 Å². The largest absolute Gasteiger partial charge is 0.508 e. The summed E-state index contributed by atoms with van der Waals surface area (Å²) in [6.45, 7) is 3.29. The van der Waals surface area contributed by atoms with Gasteiger partial charge in [-0.2, -0.15) is 0 Å². The van der Waals surface area contributed by atoms with Crippen LogP contribution in [0.25, 0.3) is 5.70 Å². The van der Waals surface area contributed by atoms with Crippen LogP contribution in [0, 0.1) is 0 Å². The summed E-state index contributed by atoms with van der Waals surface area (Å²) in [7, 11) is 0. The summed E-state index contributed by atoms with van der Waals surface area (Å²) in [6, 6.07) is 6.71. The van der Waals surface area contributed by atoms with E-state index in [2.05, 4.69) is 10.9 Å². The Bertz CT molecular complexity index is 369. The van der Waals surface area contributed by atoms with Crippen molar-refractivity contribution in [2.24, 2.45) is 0 Å². The fourth-order valence-electron chi connectivity index (χ4n) is 1.11. The second-order valence-electron chi connectivity index (χ2n) is 3.06. The fourth-order valence-corrected chi connectivity index (χ4v) is 1.11. The minimum absolute atomic E-state index is 0.159. The number of nitrogens with one attached hydrogen (secondary N) is 2. The molecule has 0 aliphatic carbocycles. The van der Waals surface area contributed by atoms with Crippen LogP contribution in [-0.2, 0) is 4.79 Å². The van der Waals surface area contributed by atoms with Gasteiger partial charge in [0.1, 0.15) is 5.75 Å². The Labute approximate surface area is 88.6 Å². The zero-order valence-electron chi connectivity index (χ0n) is 8.74. The molecule has 0 fully saturated rings. The van der Waals surface area contributed by atoms with Crippen LogP contribution in [0.5, 0.6) is 5.75 Å². The van der Waals surface area contributed by atoms with Crippen molar-refractivity contribution in [3.63, 3.8) is 0 Å². The summed E-state index contributed by atoms with van der Waals surface area (Å²) in [5.74, 6) is 0.0573. The Balaban J connectivity index is 2.75. The molecule has 3 N–H and O–H groups in total. The molecule has 0 unspecified atom stereocenters. The third kappa shape index (κ3) is 3.34. The van der Waals surface area contributed by atoms with Crippen molar-refractivity contribution in [3.05, 3.63) is 35.9 Å².